The summed E-state index contributed by atoms with van der Waals surface area (Å²) in [6, 6.07) is 3.87. The van der Waals surface area contributed by atoms with Crippen LogP contribution in [0.3, 0.4) is 0 Å². The van der Waals surface area contributed by atoms with E-state index in [4.69, 9.17) is 28.9 Å². The molecule has 0 amide bonds. The zero-order chi connectivity index (χ0) is 20.6. The number of esters is 3. The van der Waals surface area contributed by atoms with Gasteiger partial charge in [0, 0.05) is 27.9 Å². The maximum atomic E-state index is 11.6. The summed E-state index contributed by atoms with van der Waals surface area (Å²) >= 11 is 0. The van der Waals surface area contributed by atoms with E-state index in [0.29, 0.717) is 0 Å². The van der Waals surface area contributed by atoms with Crippen LogP contribution in [0.2, 0.25) is 0 Å². The van der Waals surface area contributed by atoms with Crippen molar-refractivity contribution in [1.82, 2.24) is 0 Å². The first-order valence-corrected chi connectivity index (χ1v) is 8.17. The lowest BCUT2D eigenvalue weighted by molar-refractivity contribution is -0.290. The minimum atomic E-state index is -1.16. The topological polar surface area (TPSA) is 145 Å². The maximum Gasteiger partial charge on any atom is 0.303 e. The van der Waals surface area contributed by atoms with Crippen LogP contribution in [0.15, 0.2) is 0 Å². The molecule has 0 spiro atoms. The Bertz CT molecular complexity index is 638. The van der Waals surface area contributed by atoms with Crippen molar-refractivity contribution < 1.29 is 38.1 Å². The molecule has 0 saturated carbocycles. The molecule has 10 heteroatoms. The third-order valence-electron chi connectivity index (χ3n) is 3.92. The summed E-state index contributed by atoms with van der Waals surface area (Å²) in [5.41, 5.74) is 0. The molecule has 1 aliphatic heterocycles. The molecular weight excluding hydrogens is 360 g/mol. The maximum absolute atomic E-state index is 11.6. The van der Waals surface area contributed by atoms with Gasteiger partial charge in [-0.1, -0.05) is 0 Å². The molecule has 148 valence electrons. The highest BCUT2D eigenvalue weighted by molar-refractivity contribution is 5.67. The van der Waals surface area contributed by atoms with Crippen LogP contribution >= 0.6 is 0 Å². The lowest BCUT2D eigenvalue weighted by atomic mass is 9.80. The van der Waals surface area contributed by atoms with Crippen molar-refractivity contribution >= 4 is 17.9 Å². The Morgan fingerprint density at radius 2 is 1.63 bits per heavy atom. The average Bonchev–Trinajstić information content (AvgIpc) is 2.59. The summed E-state index contributed by atoms with van der Waals surface area (Å²) in [7, 11) is 1.32. The number of methoxy groups -OCH3 is 1. The Morgan fingerprint density at radius 3 is 2.07 bits per heavy atom. The molecule has 1 fully saturated rings. The molecule has 0 bridgehead atoms. The summed E-state index contributed by atoms with van der Waals surface area (Å²) in [4.78, 5) is 34.4. The number of ether oxygens (including phenoxy) is 5. The van der Waals surface area contributed by atoms with Gasteiger partial charge in [-0.05, 0) is 0 Å². The Labute approximate surface area is 156 Å². The predicted molar refractivity (Wildman–Crippen MR) is 86.2 cm³/mol. The summed E-state index contributed by atoms with van der Waals surface area (Å²) < 4.78 is 26.5. The first-order chi connectivity index (χ1) is 12.7. The highest BCUT2D eigenvalue weighted by Gasteiger charge is 2.53. The van der Waals surface area contributed by atoms with Crippen LogP contribution in [0.25, 0.3) is 0 Å². The van der Waals surface area contributed by atoms with E-state index in [9.17, 15) is 19.6 Å². The van der Waals surface area contributed by atoms with Gasteiger partial charge in [0.15, 0.2) is 18.5 Å². The lowest BCUT2D eigenvalue weighted by Crippen LogP contribution is -2.60. The molecule has 1 rings (SSSR count). The summed E-state index contributed by atoms with van der Waals surface area (Å²) in [5, 5.41) is 18.5. The fourth-order valence-corrected chi connectivity index (χ4v) is 2.93. The predicted octanol–water partition coefficient (Wildman–Crippen LogP) is 0.454. The number of carbonyl (C=O) groups is 3. The molecule has 0 aliphatic carbocycles. The van der Waals surface area contributed by atoms with Crippen LogP contribution in [0.4, 0.5) is 0 Å². The summed E-state index contributed by atoms with van der Waals surface area (Å²) in [6.07, 6.45) is -4.52. The van der Waals surface area contributed by atoms with Crippen molar-refractivity contribution in [3.63, 3.8) is 0 Å². The SMILES string of the molecule is CO[C@H]1O[C@H](COC(C)=O)[C@H](OC(C)=O)[C@H](OC(C)=O)[C@@H]1C(C#N)CC#N. The van der Waals surface area contributed by atoms with Crippen molar-refractivity contribution in [2.45, 2.75) is 51.8 Å². The molecule has 1 heterocycles. The van der Waals surface area contributed by atoms with Crippen LogP contribution < -0.4 is 0 Å². The highest BCUT2D eigenvalue weighted by atomic mass is 16.7. The Morgan fingerprint density at radius 1 is 1.04 bits per heavy atom. The van der Waals surface area contributed by atoms with Gasteiger partial charge < -0.3 is 23.7 Å². The second-order valence-corrected chi connectivity index (χ2v) is 5.90. The zero-order valence-electron chi connectivity index (χ0n) is 15.5. The summed E-state index contributed by atoms with van der Waals surface area (Å²) in [6.45, 7) is 3.23. The molecule has 0 aromatic heterocycles. The molecule has 1 aliphatic rings. The average molecular weight is 382 g/mol. The fourth-order valence-electron chi connectivity index (χ4n) is 2.93. The van der Waals surface area contributed by atoms with E-state index >= 15 is 0 Å². The van der Waals surface area contributed by atoms with Crippen LogP contribution in [-0.4, -0.2) is 56.2 Å². The Kier molecular flexibility index (Phi) is 8.66. The Hall–Kier alpha value is -2.69. The standard InChI is InChI=1S/C17H22N2O8/c1-9(20)24-8-13-15(25-10(2)21)16(26-11(3)22)14(17(23-4)27-13)12(7-19)5-6-18/h12-17H,5,8H2,1-4H3/t12?,13-,14+,15+,16-,17+/m1/s1. The van der Waals surface area contributed by atoms with E-state index in [1.807, 2.05) is 12.1 Å². The third kappa shape index (κ3) is 6.20. The smallest absolute Gasteiger partial charge is 0.303 e. The van der Waals surface area contributed by atoms with Gasteiger partial charge in [0.1, 0.15) is 12.7 Å². The van der Waals surface area contributed by atoms with Crippen molar-refractivity contribution in [3.05, 3.63) is 0 Å². The van der Waals surface area contributed by atoms with E-state index in [-0.39, 0.29) is 13.0 Å². The highest BCUT2D eigenvalue weighted by Crippen LogP contribution is 2.37. The molecule has 10 nitrogen and oxygen atoms in total. The first kappa shape index (κ1) is 22.4. The monoisotopic (exact) mass is 382 g/mol. The lowest BCUT2D eigenvalue weighted by Gasteiger charge is -2.45. The molecule has 1 saturated heterocycles. The van der Waals surface area contributed by atoms with Gasteiger partial charge in [-0.3, -0.25) is 14.4 Å². The number of hydrogen-bond donors (Lipinski definition) is 0. The summed E-state index contributed by atoms with van der Waals surface area (Å²) in [5.74, 6) is -3.77. The van der Waals surface area contributed by atoms with E-state index < -0.39 is 54.3 Å². The third-order valence-corrected chi connectivity index (χ3v) is 3.92. The molecule has 0 N–H and O–H groups in total. The van der Waals surface area contributed by atoms with E-state index in [2.05, 4.69) is 0 Å². The van der Waals surface area contributed by atoms with Crippen LogP contribution in [0.5, 0.6) is 0 Å². The van der Waals surface area contributed by atoms with Crippen LogP contribution in [-0.2, 0) is 38.1 Å². The van der Waals surface area contributed by atoms with Gasteiger partial charge in [-0.25, -0.2) is 0 Å². The van der Waals surface area contributed by atoms with E-state index in [1.54, 1.807) is 0 Å². The minimum Gasteiger partial charge on any atom is -0.463 e. The second-order valence-electron chi connectivity index (χ2n) is 5.90. The first-order valence-electron chi connectivity index (χ1n) is 8.17. The number of nitrogens with zero attached hydrogens (tertiary/aromatic N) is 2. The number of carbonyl (C=O) groups excluding carboxylic acids is 3. The van der Waals surface area contributed by atoms with E-state index in [1.165, 1.54) is 14.0 Å². The van der Waals surface area contributed by atoms with Crippen LogP contribution in [0, 0.1) is 34.5 Å². The normalized spacial score (nSPS) is 28.1. The van der Waals surface area contributed by atoms with Gasteiger partial charge in [0.25, 0.3) is 0 Å². The van der Waals surface area contributed by atoms with E-state index in [0.717, 1.165) is 13.8 Å². The van der Waals surface area contributed by atoms with Crippen LogP contribution in [0.1, 0.15) is 27.2 Å². The van der Waals surface area contributed by atoms with Gasteiger partial charge >= 0.3 is 17.9 Å². The number of rotatable bonds is 7. The minimum absolute atomic E-state index is 0.177. The Balaban J connectivity index is 3.33. The molecule has 27 heavy (non-hydrogen) atoms. The zero-order valence-corrected chi connectivity index (χ0v) is 15.5. The molecule has 0 radical (unpaired) electrons. The van der Waals surface area contributed by atoms with Gasteiger partial charge in [-0.15, -0.1) is 0 Å². The largest absolute Gasteiger partial charge is 0.463 e. The molecule has 6 atom stereocenters. The molecule has 0 aromatic rings. The fraction of sp³-hybridized carbons (Fsp3) is 0.706. The quantitative estimate of drug-likeness (QED) is 0.449. The molecule has 0 aromatic carbocycles. The molecule has 1 unspecified atom stereocenters. The van der Waals surface area contributed by atoms with Gasteiger partial charge in [-0.2, -0.15) is 10.5 Å². The molecular formula is C17H22N2O8. The van der Waals surface area contributed by atoms with Gasteiger partial charge in [0.2, 0.25) is 0 Å². The van der Waals surface area contributed by atoms with Crippen molar-refractivity contribution in [2.75, 3.05) is 13.7 Å². The van der Waals surface area contributed by atoms with Crippen molar-refractivity contribution in [1.29, 1.82) is 10.5 Å². The van der Waals surface area contributed by atoms with Crippen molar-refractivity contribution in [2.24, 2.45) is 11.8 Å². The number of hydrogen-bond acceptors (Lipinski definition) is 10. The second kappa shape index (κ2) is 10.5. The number of nitriles is 2. The van der Waals surface area contributed by atoms with Crippen molar-refractivity contribution in [3.8, 4) is 12.1 Å². The van der Waals surface area contributed by atoms with Gasteiger partial charge in [0.05, 0.1) is 30.4 Å².